The van der Waals surface area contributed by atoms with Crippen molar-refractivity contribution in [2.24, 2.45) is 5.92 Å². The maximum atomic E-state index is 5.96. The number of piperidine rings is 1. The van der Waals surface area contributed by atoms with E-state index in [-0.39, 0.29) is 24.8 Å². The number of aromatic nitrogens is 1. The molecular formula is C15H20Cl2N2O. The van der Waals surface area contributed by atoms with Gasteiger partial charge in [0.05, 0.1) is 6.61 Å². The average Bonchev–Trinajstić information content (AvgIpc) is 2.46. The van der Waals surface area contributed by atoms with Crippen LogP contribution in [0.3, 0.4) is 0 Å². The molecule has 0 amide bonds. The molecule has 1 N–H and O–H groups in total. The van der Waals surface area contributed by atoms with E-state index < -0.39 is 0 Å². The van der Waals surface area contributed by atoms with Gasteiger partial charge >= 0.3 is 0 Å². The van der Waals surface area contributed by atoms with Crippen molar-refractivity contribution in [3.63, 3.8) is 0 Å². The molecule has 1 aromatic heterocycles. The number of benzene rings is 1. The predicted octanol–water partition coefficient (Wildman–Crippen LogP) is 3.46. The van der Waals surface area contributed by atoms with Crippen molar-refractivity contribution in [2.45, 2.75) is 12.8 Å². The third-order valence-corrected chi connectivity index (χ3v) is 3.47. The van der Waals surface area contributed by atoms with Crippen LogP contribution in [-0.2, 0) is 0 Å². The summed E-state index contributed by atoms with van der Waals surface area (Å²) in [7, 11) is 0. The molecule has 2 heterocycles. The van der Waals surface area contributed by atoms with Crippen LogP contribution in [0.1, 0.15) is 12.8 Å². The summed E-state index contributed by atoms with van der Waals surface area (Å²) in [5.41, 5.74) is 0.962. The number of nitrogens with one attached hydrogen (secondary N) is 1. The molecule has 0 radical (unpaired) electrons. The van der Waals surface area contributed by atoms with Gasteiger partial charge in [-0.25, -0.2) is 0 Å². The Morgan fingerprint density at radius 2 is 2.05 bits per heavy atom. The lowest BCUT2D eigenvalue weighted by Crippen LogP contribution is -2.33. The fraction of sp³-hybridized carbons (Fsp3) is 0.400. The number of nitrogens with zero attached hydrogens (tertiary/aromatic N) is 1. The zero-order valence-electron chi connectivity index (χ0n) is 11.2. The summed E-state index contributed by atoms with van der Waals surface area (Å²) in [5, 5.41) is 4.55. The van der Waals surface area contributed by atoms with Gasteiger partial charge in [-0.15, -0.1) is 24.8 Å². The highest BCUT2D eigenvalue weighted by Gasteiger charge is 2.14. The van der Waals surface area contributed by atoms with E-state index in [9.17, 15) is 0 Å². The highest BCUT2D eigenvalue weighted by atomic mass is 35.5. The second-order valence-electron chi connectivity index (χ2n) is 4.85. The van der Waals surface area contributed by atoms with Crippen molar-refractivity contribution in [1.29, 1.82) is 0 Å². The Labute approximate surface area is 131 Å². The molecule has 0 saturated carbocycles. The number of pyridine rings is 1. The summed E-state index contributed by atoms with van der Waals surface area (Å²) in [6.07, 6.45) is 4.32. The van der Waals surface area contributed by atoms with E-state index in [2.05, 4.69) is 22.4 Å². The smallest absolute Gasteiger partial charge is 0.145 e. The standard InChI is InChI=1S/C15H18N2O.2ClH/c1-5-13-6-3-9-17-15(13)14(7-1)18-11-12-4-2-8-16-10-12;;/h1,3,5-7,9,12,16H,2,4,8,10-11H2;2*1H. The number of para-hydroxylation sites is 1. The SMILES string of the molecule is Cl.Cl.c1cnc2c(OCC3CCCNC3)cccc2c1. The van der Waals surface area contributed by atoms with Gasteiger partial charge in [0, 0.05) is 24.0 Å². The molecule has 1 saturated heterocycles. The van der Waals surface area contributed by atoms with E-state index in [4.69, 9.17) is 4.74 Å². The first-order valence-electron chi connectivity index (χ1n) is 6.61. The fourth-order valence-electron chi connectivity index (χ4n) is 2.47. The Morgan fingerprint density at radius 1 is 1.20 bits per heavy atom. The van der Waals surface area contributed by atoms with Crippen LogP contribution in [0.25, 0.3) is 10.9 Å². The van der Waals surface area contributed by atoms with Gasteiger partial charge in [0.1, 0.15) is 11.3 Å². The number of rotatable bonds is 3. The molecule has 1 unspecified atom stereocenters. The van der Waals surface area contributed by atoms with Crippen LogP contribution in [0.4, 0.5) is 0 Å². The monoisotopic (exact) mass is 314 g/mol. The van der Waals surface area contributed by atoms with Crippen LogP contribution < -0.4 is 10.1 Å². The second kappa shape index (κ2) is 8.30. The molecule has 110 valence electrons. The summed E-state index contributed by atoms with van der Waals surface area (Å²) in [5.74, 6) is 1.52. The van der Waals surface area contributed by atoms with Gasteiger partial charge in [-0.2, -0.15) is 0 Å². The van der Waals surface area contributed by atoms with E-state index in [1.54, 1.807) is 0 Å². The van der Waals surface area contributed by atoms with E-state index in [0.29, 0.717) is 5.92 Å². The van der Waals surface area contributed by atoms with E-state index in [1.807, 2.05) is 24.4 Å². The molecule has 20 heavy (non-hydrogen) atoms. The number of halogens is 2. The maximum Gasteiger partial charge on any atom is 0.145 e. The molecule has 3 rings (SSSR count). The predicted molar refractivity (Wildman–Crippen MR) is 87.3 cm³/mol. The topological polar surface area (TPSA) is 34.1 Å². The molecule has 0 aliphatic carbocycles. The van der Waals surface area contributed by atoms with Crippen LogP contribution in [0, 0.1) is 5.92 Å². The Morgan fingerprint density at radius 3 is 2.85 bits per heavy atom. The van der Waals surface area contributed by atoms with Crippen molar-refractivity contribution < 1.29 is 4.74 Å². The normalized spacial score (nSPS) is 17.9. The first kappa shape index (κ1) is 17.0. The molecular weight excluding hydrogens is 295 g/mol. The molecule has 0 bridgehead atoms. The molecule has 5 heteroatoms. The first-order chi connectivity index (χ1) is 8.93. The van der Waals surface area contributed by atoms with Crippen LogP contribution in [0.2, 0.25) is 0 Å². The van der Waals surface area contributed by atoms with Crippen LogP contribution in [0.5, 0.6) is 5.75 Å². The third-order valence-electron chi connectivity index (χ3n) is 3.47. The average molecular weight is 315 g/mol. The van der Waals surface area contributed by atoms with Crippen LogP contribution in [0.15, 0.2) is 36.5 Å². The molecule has 3 nitrogen and oxygen atoms in total. The number of ether oxygens (including phenoxy) is 1. The van der Waals surface area contributed by atoms with Crippen molar-refractivity contribution in [2.75, 3.05) is 19.7 Å². The Balaban J connectivity index is 0.000001000. The summed E-state index contributed by atoms with van der Waals surface area (Å²) >= 11 is 0. The number of fused-ring (bicyclic) bond motifs is 1. The molecule has 0 spiro atoms. The van der Waals surface area contributed by atoms with Gasteiger partial charge in [-0.3, -0.25) is 4.98 Å². The van der Waals surface area contributed by atoms with Gasteiger partial charge in [0.25, 0.3) is 0 Å². The highest BCUT2D eigenvalue weighted by Crippen LogP contribution is 2.24. The minimum atomic E-state index is 0. The minimum absolute atomic E-state index is 0. The van der Waals surface area contributed by atoms with Crippen LogP contribution in [-0.4, -0.2) is 24.7 Å². The van der Waals surface area contributed by atoms with Gasteiger partial charge in [0.15, 0.2) is 0 Å². The molecule has 1 aliphatic rings. The zero-order valence-corrected chi connectivity index (χ0v) is 12.9. The molecule has 1 aliphatic heterocycles. The van der Waals surface area contributed by atoms with Gasteiger partial charge in [0.2, 0.25) is 0 Å². The molecule has 2 aromatic rings. The Bertz CT molecular complexity index is 525. The minimum Gasteiger partial charge on any atom is -0.491 e. The van der Waals surface area contributed by atoms with E-state index in [0.717, 1.165) is 36.3 Å². The Kier molecular flexibility index (Phi) is 7.06. The quantitative estimate of drug-likeness (QED) is 0.942. The lowest BCUT2D eigenvalue weighted by molar-refractivity contribution is 0.220. The highest BCUT2D eigenvalue weighted by molar-refractivity contribution is 5.85. The number of hydrogen-bond acceptors (Lipinski definition) is 3. The summed E-state index contributed by atoms with van der Waals surface area (Å²) < 4.78 is 5.96. The largest absolute Gasteiger partial charge is 0.491 e. The fourth-order valence-corrected chi connectivity index (χ4v) is 2.47. The zero-order chi connectivity index (χ0) is 12.2. The third kappa shape index (κ3) is 3.98. The van der Waals surface area contributed by atoms with E-state index in [1.165, 1.54) is 12.8 Å². The van der Waals surface area contributed by atoms with Crippen LogP contribution >= 0.6 is 24.8 Å². The van der Waals surface area contributed by atoms with E-state index >= 15 is 0 Å². The second-order valence-corrected chi connectivity index (χ2v) is 4.85. The van der Waals surface area contributed by atoms with Crippen molar-refractivity contribution >= 4 is 35.7 Å². The van der Waals surface area contributed by atoms with Gasteiger partial charge in [-0.05, 0) is 31.5 Å². The summed E-state index contributed by atoms with van der Waals surface area (Å²) in [4.78, 5) is 4.40. The maximum absolute atomic E-state index is 5.96. The first-order valence-corrected chi connectivity index (χ1v) is 6.61. The Hall–Kier alpha value is -1.03. The number of hydrogen-bond donors (Lipinski definition) is 1. The molecule has 1 atom stereocenters. The van der Waals surface area contributed by atoms with Crippen molar-refractivity contribution in [3.8, 4) is 5.75 Å². The lowest BCUT2D eigenvalue weighted by Gasteiger charge is -2.22. The van der Waals surface area contributed by atoms with Crippen molar-refractivity contribution in [3.05, 3.63) is 36.5 Å². The molecule has 1 aromatic carbocycles. The summed E-state index contributed by atoms with van der Waals surface area (Å²) in [6.45, 7) is 2.99. The summed E-state index contributed by atoms with van der Waals surface area (Å²) in [6, 6.07) is 10.1. The lowest BCUT2D eigenvalue weighted by atomic mass is 10.0. The van der Waals surface area contributed by atoms with Gasteiger partial charge < -0.3 is 10.1 Å². The molecule has 1 fully saturated rings. The van der Waals surface area contributed by atoms with Crippen molar-refractivity contribution in [1.82, 2.24) is 10.3 Å². The van der Waals surface area contributed by atoms with Gasteiger partial charge in [-0.1, -0.05) is 18.2 Å².